The number of rotatable bonds is 4. The number of hydrogen-bond acceptors (Lipinski definition) is 1. The topological polar surface area (TPSA) is 39.6 Å². The summed E-state index contributed by atoms with van der Waals surface area (Å²) in [6.45, 7) is 3.79. The smallest absolute Gasteiger partial charge is 1.00 e. The van der Waals surface area contributed by atoms with Gasteiger partial charge >= 0.3 is 19.5 Å². The van der Waals surface area contributed by atoms with Crippen molar-refractivity contribution in [2.75, 3.05) is 6.54 Å². The molecule has 0 atom stereocenters. The Labute approximate surface area is 161 Å². The fourth-order valence-corrected chi connectivity index (χ4v) is 2.42. The molecule has 0 unspecified atom stereocenters. The third-order valence-electron chi connectivity index (χ3n) is 3.11. The third-order valence-corrected chi connectivity index (χ3v) is 3.41. The van der Waals surface area contributed by atoms with Gasteiger partial charge in [0.15, 0.2) is 0 Å². The van der Waals surface area contributed by atoms with Gasteiger partial charge in [-0.3, -0.25) is 0 Å². The Balaban J connectivity index is 0. The summed E-state index contributed by atoms with van der Waals surface area (Å²) in [5, 5.41) is 0.622. The second-order valence-electron chi connectivity index (χ2n) is 4.38. The van der Waals surface area contributed by atoms with Crippen LogP contribution in [-0.4, -0.2) is 21.9 Å². The van der Waals surface area contributed by atoms with E-state index in [2.05, 4.69) is 28.7 Å². The summed E-state index contributed by atoms with van der Waals surface area (Å²) in [5.41, 5.74) is 11.6. The second-order valence-corrected chi connectivity index (χ2v) is 4.78. The summed E-state index contributed by atoms with van der Waals surface area (Å²) in [6.07, 6.45) is 4.32. The van der Waals surface area contributed by atoms with Crippen molar-refractivity contribution in [1.29, 1.82) is 0 Å². The van der Waals surface area contributed by atoms with E-state index in [0.717, 1.165) is 18.8 Å². The molecule has 1 aliphatic rings. The van der Waals surface area contributed by atoms with E-state index in [1.165, 1.54) is 5.56 Å². The molecule has 0 saturated carbocycles. The van der Waals surface area contributed by atoms with Crippen molar-refractivity contribution in [3.63, 3.8) is 0 Å². The van der Waals surface area contributed by atoms with Crippen molar-refractivity contribution >= 4 is 17.3 Å². The standard InChI is InChI=1S/C15H16ClN3.2ClH.Zn/c1-2-19(11-12-6-4-3-5-7-12)15-9-8-13(18-17)10-14(15)16;;;/h3-7,9-10H,2,8,11H2,1H3;2*1H;/q;;;+2/p-2. The summed E-state index contributed by atoms with van der Waals surface area (Å²) in [7, 11) is 0. The van der Waals surface area contributed by atoms with Gasteiger partial charge < -0.3 is 35.2 Å². The molecule has 1 aromatic carbocycles. The first-order chi connectivity index (χ1) is 9.24. The van der Waals surface area contributed by atoms with Gasteiger partial charge in [-0.25, -0.2) is 0 Å². The van der Waals surface area contributed by atoms with Crippen LogP contribution in [0.4, 0.5) is 0 Å². The Morgan fingerprint density at radius 1 is 1.23 bits per heavy atom. The Morgan fingerprint density at radius 2 is 1.86 bits per heavy atom. The van der Waals surface area contributed by atoms with Crippen LogP contribution in [0.3, 0.4) is 0 Å². The zero-order valence-electron chi connectivity index (χ0n) is 12.3. The van der Waals surface area contributed by atoms with Gasteiger partial charge in [-0.1, -0.05) is 41.9 Å². The minimum Gasteiger partial charge on any atom is -1.00 e. The molecule has 0 fully saturated rings. The molecule has 0 spiro atoms. The minimum atomic E-state index is 0. The molecule has 0 saturated heterocycles. The van der Waals surface area contributed by atoms with Crippen LogP contribution in [0.5, 0.6) is 0 Å². The molecule has 1 aromatic rings. The Kier molecular flexibility index (Phi) is 12.8. The molecule has 3 nitrogen and oxygen atoms in total. The molecule has 0 bridgehead atoms. The molecule has 0 aromatic heterocycles. The van der Waals surface area contributed by atoms with Crippen LogP contribution in [0.1, 0.15) is 18.9 Å². The van der Waals surface area contributed by atoms with Crippen molar-refractivity contribution in [2.24, 2.45) is 0 Å². The first-order valence-electron chi connectivity index (χ1n) is 6.32. The predicted molar refractivity (Wildman–Crippen MR) is 77.8 cm³/mol. The van der Waals surface area contributed by atoms with Gasteiger partial charge in [0, 0.05) is 19.2 Å². The summed E-state index contributed by atoms with van der Waals surface area (Å²) in [6, 6.07) is 10.3. The van der Waals surface area contributed by atoms with Gasteiger partial charge in [-0.2, -0.15) is 4.79 Å². The molecule has 7 heteroatoms. The normalized spacial score (nSPS) is 12.5. The Morgan fingerprint density at radius 3 is 2.36 bits per heavy atom. The summed E-state index contributed by atoms with van der Waals surface area (Å²) in [4.78, 5) is 5.40. The quantitative estimate of drug-likeness (QED) is 0.310. The van der Waals surface area contributed by atoms with Crippen LogP contribution in [0.15, 0.2) is 53.2 Å². The van der Waals surface area contributed by atoms with Crippen LogP contribution < -0.4 is 24.8 Å². The van der Waals surface area contributed by atoms with E-state index in [9.17, 15) is 0 Å². The first kappa shape index (κ1) is 23.6. The minimum absolute atomic E-state index is 0. The molecule has 0 N–H and O–H groups in total. The van der Waals surface area contributed by atoms with Crippen molar-refractivity contribution in [3.8, 4) is 0 Å². The van der Waals surface area contributed by atoms with E-state index >= 15 is 0 Å². The van der Waals surface area contributed by atoms with E-state index < -0.39 is 0 Å². The largest absolute Gasteiger partial charge is 2.00 e. The average molecular weight is 410 g/mol. The first-order valence-corrected chi connectivity index (χ1v) is 6.70. The van der Waals surface area contributed by atoms with Crippen molar-refractivity contribution in [3.05, 3.63) is 64.3 Å². The number of allylic oxidation sites excluding steroid dienone is 3. The van der Waals surface area contributed by atoms with E-state index in [0.29, 0.717) is 17.2 Å². The Hall–Kier alpha value is -0.627. The fraction of sp³-hybridized carbons (Fsp3) is 0.267. The van der Waals surface area contributed by atoms with E-state index in [1.807, 2.05) is 24.3 Å². The van der Waals surface area contributed by atoms with Gasteiger partial charge in [0.1, 0.15) is 0 Å². The van der Waals surface area contributed by atoms with Gasteiger partial charge in [-0.15, -0.1) is 0 Å². The SMILES string of the molecule is CCN(Cc1ccccc1)C1=CCC(=[N+]=[N-])C=C1Cl.[Cl-].[Cl-].[Zn+2]. The second kappa shape index (κ2) is 11.9. The summed E-state index contributed by atoms with van der Waals surface area (Å²) in [5.74, 6) is 0. The number of halogens is 3. The van der Waals surface area contributed by atoms with Crippen molar-refractivity contribution in [2.45, 2.75) is 19.9 Å². The van der Waals surface area contributed by atoms with Crippen LogP contribution in [0.2, 0.25) is 0 Å². The van der Waals surface area contributed by atoms with Gasteiger partial charge in [0.05, 0.1) is 17.2 Å². The summed E-state index contributed by atoms with van der Waals surface area (Å²) >= 11 is 6.26. The maximum Gasteiger partial charge on any atom is 2.00 e. The number of nitrogens with zero attached hydrogens (tertiary/aromatic N) is 3. The van der Waals surface area contributed by atoms with E-state index in [-0.39, 0.29) is 44.3 Å². The predicted octanol–water partition coefficient (Wildman–Crippen LogP) is -2.40. The van der Waals surface area contributed by atoms with Crippen LogP contribution in [0.25, 0.3) is 5.53 Å². The molecule has 2 rings (SSSR count). The third kappa shape index (κ3) is 6.24. The van der Waals surface area contributed by atoms with Crippen molar-refractivity contribution in [1.82, 2.24) is 4.90 Å². The average Bonchev–Trinajstić information content (AvgIpc) is 2.46. The Bertz CT molecular complexity index is 567. The number of benzene rings is 1. The molecular formula is C15H16Cl3N3Zn. The monoisotopic (exact) mass is 407 g/mol. The van der Waals surface area contributed by atoms with Crippen LogP contribution in [-0.2, 0) is 26.0 Å². The molecule has 1 aliphatic carbocycles. The zero-order chi connectivity index (χ0) is 13.7. The molecule has 0 radical (unpaired) electrons. The number of hydrogen-bond donors (Lipinski definition) is 0. The maximum absolute atomic E-state index is 8.77. The fourth-order valence-electron chi connectivity index (χ4n) is 2.10. The molecule has 114 valence electrons. The van der Waals surface area contributed by atoms with Gasteiger partial charge in [-0.05, 0) is 18.6 Å². The zero-order valence-corrected chi connectivity index (χ0v) is 17.6. The van der Waals surface area contributed by atoms with E-state index in [1.54, 1.807) is 6.08 Å². The molecular weight excluding hydrogens is 394 g/mol. The van der Waals surface area contributed by atoms with Crippen LogP contribution >= 0.6 is 11.6 Å². The maximum atomic E-state index is 8.77. The molecule has 0 aliphatic heterocycles. The van der Waals surface area contributed by atoms with Crippen molar-refractivity contribution < 1.29 is 49.1 Å². The molecule has 0 amide bonds. The molecule has 0 heterocycles. The van der Waals surface area contributed by atoms with Gasteiger partial charge in [0.25, 0.3) is 5.71 Å². The summed E-state index contributed by atoms with van der Waals surface area (Å²) < 4.78 is 0. The number of likely N-dealkylation sites (N-methyl/N-ethyl adjacent to an activating group) is 1. The molecule has 22 heavy (non-hydrogen) atoms. The van der Waals surface area contributed by atoms with Crippen LogP contribution in [0, 0.1) is 0 Å². The van der Waals surface area contributed by atoms with Gasteiger partial charge in [0.2, 0.25) is 0 Å². The van der Waals surface area contributed by atoms with E-state index in [4.69, 9.17) is 17.1 Å².